The van der Waals surface area contributed by atoms with Gasteiger partial charge in [-0.1, -0.05) is 32.6 Å². The zero-order valence-corrected chi connectivity index (χ0v) is 11.0. The second kappa shape index (κ2) is 9.00. The third-order valence-electron chi connectivity index (χ3n) is 3.82. The number of unbranched alkanes of at least 4 members (excludes halogenated alkanes) is 4. The van der Waals surface area contributed by atoms with Crippen LogP contribution in [0.2, 0.25) is 0 Å². The lowest BCUT2D eigenvalue weighted by Gasteiger charge is -2.31. The smallest absolute Gasteiger partial charge is 0.0433 e. The second-order valence-electron chi connectivity index (χ2n) is 5.21. The third-order valence-corrected chi connectivity index (χ3v) is 3.82. The summed E-state index contributed by atoms with van der Waals surface area (Å²) in [7, 11) is 0. The monoisotopic (exact) mass is 227 g/mol. The molecular weight excluding hydrogens is 198 g/mol. The Kier molecular flexibility index (Phi) is 7.87. The van der Waals surface area contributed by atoms with E-state index >= 15 is 0 Å². The standard InChI is InChI=1S/C14H29NO/c1-2-3-4-5-6-10-15-11-7-14(8-12-15)9-13-16/h14,16H,2-13H2,1H3. The van der Waals surface area contributed by atoms with E-state index in [0.717, 1.165) is 12.3 Å². The van der Waals surface area contributed by atoms with E-state index < -0.39 is 0 Å². The van der Waals surface area contributed by atoms with Crippen molar-refractivity contribution in [3.63, 3.8) is 0 Å². The lowest BCUT2D eigenvalue weighted by atomic mass is 9.94. The van der Waals surface area contributed by atoms with Crippen molar-refractivity contribution in [2.75, 3.05) is 26.2 Å². The maximum atomic E-state index is 8.89. The van der Waals surface area contributed by atoms with E-state index in [1.54, 1.807) is 0 Å². The molecule has 2 heteroatoms. The van der Waals surface area contributed by atoms with Crippen LogP contribution in [0.25, 0.3) is 0 Å². The van der Waals surface area contributed by atoms with Crippen molar-refractivity contribution in [2.24, 2.45) is 5.92 Å². The Hall–Kier alpha value is -0.0800. The first-order valence-corrected chi connectivity index (χ1v) is 7.20. The predicted octanol–water partition coefficient (Wildman–Crippen LogP) is 3.05. The Morgan fingerprint density at radius 3 is 2.38 bits per heavy atom. The average molecular weight is 227 g/mol. The van der Waals surface area contributed by atoms with Gasteiger partial charge >= 0.3 is 0 Å². The lowest BCUT2D eigenvalue weighted by Crippen LogP contribution is -2.34. The Morgan fingerprint density at radius 2 is 1.75 bits per heavy atom. The fraction of sp³-hybridized carbons (Fsp3) is 1.00. The number of likely N-dealkylation sites (tertiary alicyclic amines) is 1. The average Bonchev–Trinajstić information content (AvgIpc) is 2.31. The van der Waals surface area contributed by atoms with Gasteiger partial charge in [0.05, 0.1) is 0 Å². The molecule has 1 saturated heterocycles. The van der Waals surface area contributed by atoms with Gasteiger partial charge < -0.3 is 10.0 Å². The maximum absolute atomic E-state index is 8.89. The Balaban J connectivity index is 1.95. The Bertz CT molecular complexity index is 153. The topological polar surface area (TPSA) is 23.5 Å². The van der Waals surface area contributed by atoms with E-state index in [-0.39, 0.29) is 0 Å². The molecule has 0 atom stereocenters. The van der Waals surface area contributed by atoms with Gasteiger partial charge in [0.25, 0.3) is 0 Å². The lowest BCUT2D eigenvalue weighted by molar-refractivity contribution is 0.156. The molecule has 16 heavy (non-hydrogen) atoms. The summed E-state index contributed by atoms with van der Waals surface area (Å²) in [5.74, 6) is 0.793. The van der Waals surface area contributed by atoms with E-state index in [1.807, 2.05) is 0 Å². The van der Waals surface area contributed by atoms with E-state index in [9.17, 15) is 0 Å². The fourth-order valence-electron chi connectivity index (χ4n) is 2.62. The molecule has 0 spiro atoms. The first kappa shape index (κ1) is 14.0. The van der Waals surface area contributed by atoms with Crippen molar-refractivity contribution in [1.82, 2.24) is 4.90 Å². The molecule has 0 radical (unpaired) electrons. The highest BCUT2D eigenvalue weighted by molar-refractivity contribution is 4.71. The van der Waals surface area contributed by atoms with Gasteiger partial charge in [0.15, 0.2) is 0 Å². The molecule has 0 aliphatic carbocycles. The Labute approximate surface area is 101 Å². The van der Waals surface area contributed by atoms with Gasteiger partial charge in [0.2, 0.25) is 0 Å². The molecule has 0 bridgehead atoms. The van der Waals surface area contributed by atoms with Crippen LogP contribution in [0.15, 0.2) is 0 Å². The summed E-state index contributed by atoms with van der Waals surface area (Å²) in [4.78, 5) is 2.61. The number of rotatable bonds is 8. The number of aliphatic hydroxyl groups is 1. The summed E-state index contributed by atoms with van der Waals surface area (Å²) in [5, 5.41) is 8.89. The van der Waals surface area contributed by atoms with Gasteiger partial charge in [0.1, 0.15) is 0 Å². The van der Waals surface area contributed by atoms with Crippen LogP contribution in [0.5, 0.6) is 0 Å². The molecule has 0 unspecified atom stereocenters. The minimum Gasteiger partial charge on any atom is -0.396 e. The molecule has 96 valence electrons. The third kappa shape index (κ3) is 5.86. The first-order chi connectivity index (χ1) is 7.86. The van der Waals surface area contributed by atoms with Gasteiger partial charge in [-0.25, -0.2) is 0 Å². The highest BCUT2D eigenvalue weighted by atomic mass is 16.3. The van der Waals surface area contributed by atoms with Crippen molar-refractivity contribution in [3.8, 4) is 0 Å². The van der Waals surface area contributed by atoms with E-state index in [4.69, 9.17) is 5.11 Å². The molecule has 0 aromatic carbocycles. The molecule has 0 amide bonds. The molecular formula is C14H29NO. The molecule has 0 aromatic heterocycles. The summed E-state index contributed by atoms with van der Waals surface area (Å²) in [6.07, 6.45) is 10.6. The van der Waals surface area contributed by atoms with Crippen molar-refractivity contribution in [3.05, 3.63) is 0 Å². The second-order valence-corrected chi connectivity index (χ2v) is 5.21. The highest BCUT2D eigenvalue weighted by Crippen LogP contribution is 2.20. The quantitative estimate of drug-likeness (QED) is 0.644. The molecule has 1 rings (SSSR count). The summed E-state index contributed by atoms with van der Waals surface area (Å²) in [5.41, 5.74) is 0. The van der Waals surface area contributed by atoms with Crippen LogP contribution in [0, 0.1) is 5.92 Å². The first-order valence-electron chi connectivity index (χ1n) is 7.20. The normalized spacial score (nSPS) is 19.1. The zero-order valence-electron chi connectivity index (χ0n) is 11.0. The summed E-state index contributed by atoms with van der Waals surface area (Å²) < 4.78 is 0. The fourth-order valence-corrected chi connectivity index (χ4v) is 2.62. The van der Waals surface area contributed by atoms with Crippen LogP contribution >= 0.6 is 0 Å². The zero-order chi connectivity index (χ0) is 11.6. The molecule has 1 N–H and O–H groups in total. The van der Waals surface area contributed by atoms with Gasteiger partial charge in [-0.3, -0.25) is 0 Å². The van der Waals surface area contributed by atoms with Crippen LogP contribution in [0.1, 0.15) is 58.3 Å². The minimum atomic E-state index is 0.377. The minimum absolute atomic E-state index is 0.377. The summed E-state index contributed by atoms with van der Waals surface area (Å²) >= 11 is 0. The van der Waals surface area contributed by atoms with Crippen LogP contribution < -0.4 is 0 Å². The van der Waals surface area contributed by atoms with Gasteiger partial charge in [-0.05, 0) is 51.2 Å². The highest BCUT2D eigenvalue weighted by Gasteiger charge is 2.17. The predicted molar refractivity (Wildman–Crippen MR) is 69.6 cm³/mol. The summed E-state index contributed by atoms with van der Waals surface area (Å²) in [6, 6.07) is 0. The number of nitrogens with zero attached hydrogens (tertiary/aromatic N) is 1. The largest absolute Gasteiger partial charge is 0.396 e. The van der Waals surface area contributed by atoms with Crippen molar-refractivity contribution in [1.29, 1.82) is 0 Å². The molecule has 1 fully saturated rings. The van der Waals surface area contributed by atoms with Gasteiger partial charge in [-0.15, -0.1) is 0 Å². The number of hydrogen-bond acceptors (Lipinski definition) is 2. The van der Waals surface area contributed by atoms with Crippen LogP contribution in [0.3, 0.4) is 0 Å². The van der Waals surface area contributed by atoms with E-state index in [2.05, 4.69) is 11.8 Å². The maximum Gasteiger partial charge on any atom is 0.0433 e. The number of hydrogen-bond donors (Lipinski definition) is 1. The molecule has 1 heterocycles. The van der Waals surface area contributed by atoms with Crippen molar-refractivity contribution in [2.45, 2.75) is 58.3 Å². The van der Waals surface area contributed by atoms with Crippen LogP contribution in [0.4, 0.5) is 0 Å². The number of piperidine rings is 1. The SMILES string of the molecule is CCCCCCCN1CCC(CCO)CC1. The van der Waals surface area contributed by atoms with E-state index in [1.165, 1.54) is 64.6 Å². The summed E-state index contributed by atoms with van der Waals surface area (Å²) in [6.45, 7) is 6.47. The molecule has 0 aromatic rings. The van der Waals surface area contributed by atoms with Crippen LogP contribution in [-0.4, -0.2) is 36.2 Å². The van der Waals surface area contributed by atoms with Gasteiger partial charge in [-0.2, -0.15) is 0 Å². The van der Waals surface area contributed by atoms with Crippen molar-refractivity contribution >= 4 is 0 Å². The molecule has 1 aliphatic heterocycles. The van der Waals surface area contributed by atoms with Crippen molar-refractivity contribution < 1.29 is 5.11 Å². The molecule has 0 saturated carbocycles. The molecule has 1 aliphatic rings. The van der Waals surface area contributed by atoms with Gasteiger partial charge in [0, 0.05) is 6.61 Å². The number of aliphatic hydroxyl groups excluding tert-OH is 1. The van der Waals surface area contributed by atoms with Crippen LogP contribution in [-0.2, 0) is 0 Å². The Morgan fingerprint density at radius 1 is 1.06 bits per heavy atom. The molecule has 2 nitrogen and oxygen atoms in total. The van der Waals surface area contributed by atoms with E-state index in [0.29, 0.717) is 6.61 Å².